The molecule has 3 aromatic heterocycles. The van der Waals surface area contributed by atoms with E-state index in [1.165, 1.54) is 4.88 Å². The number of amides is 1. The zero-order chi connectivity index (χ0) is 22.1. The highest BCUT2D eigenvalue weighted by Gasteiger charge is 2.24. The van der Waals surface area contributed by atoms with Gasteiger partial charge in [-0.3, -0.25) is 4.79 Å². The molecule has 4 aromatic rings. The van der Waals surface area contributed by atoms with Crippen molar-refractivity contribution in [2.75, 3.05) is 23.7 Å². The molecule has 0 radical (unpaired) electrons. The minimum absolute atomic E-state index is 0.135. The number of hydrogen-bond acceptors (Lipinski definition) is 10. The van der Waals surface area contributed by atoms with E-state index in [4.69, 9.17) is 4.63 Å². The van der Waals surface area contributed by atoms with Gasteiger partial charge in [0, 0.05) is 22.8 Å². The Balaban J connectivity index is 1.45. The van der Waals surface area contributed by atoms with Crippen LogP contribution < -0.4 is 10.6 Å². The number of carbonyl (C=O) groups is 1. The van der Waals surface area contributed by atoms with Crippen LogP contribution in [-0.2, 0) is 6.54 Å². The third-order valence-corrected chi connectivity index (χ3v) is 6.25. The Morgan fingerprint density at radius 2 is 1.88 bits per heavy atom. The van der Waals surface area contributed by atoms with Gasteiger partial charge in [0.05, 0.1) is 17.8 Å². The van der Waals surface area contributed by atoms with Crippen LogP contribution in [0.3, 0.4) is 0 Å². The number of hydrogen-bond donors (Lipinski definition) is 3. The lowest BCUT2D eigenvalue weighted by Gasteiger charge is -2.18. The lowest BCUT2D eigenvalue weighted by molar-refractivity contribution is 0.0790. The maximum absolute atomic E-state index is 12.8. The molecule has 0 saturated carbocycles. The summed E-state index contributed by atoms with van der Waals surface area (Å²) in [4.78, 5) is 25.8. The van der Waals surface area contributed by atoms with Gasteiger partial charge in [-0.05, 0) is 54.3 Å². The van der Waals surface area contributed by atoms with E-state index in [-0.39, 0.29) is 28.5 Å². The average Bonchev–Trinajstić information content (AvgIpc) is 3.55. The number of phenols is 1. The van der Waals surface area contributed by atoms with Crippen molar-refractivity contribution in [2.24, 2.45) is 0 Å². The average molecular weight is 452 g/mol. The monoisotopic (exact) mass is 451 g/mol. The first-order valence-electron chi connectivity index (χ1n) is 10.3. The van der Waals surface area contributed by atoms with Crippen LogP contribution in [0.1, 0.15) is 33.0 Å². The third kappa shape index (κ3) is 3.94. The molecule has 1 aromatic carbocycles. The summed E-state index contributed by atoms with van der Waals surface area (Å²) in [6, 6.07) is 9.11. The predicted molar refractivity (Wildman–Crippen MR) is 120 cm³/mol. The maximum Gasteiger partial charge on any atom is 0.257 e. The molecule has 5 rings (SSSR count). The summed E-state index contributed by atoms with van der Waals surface area (Å²) >= 11 is 1.68. The zero-order valence-corrected chi connectivity index (χ0v) is 18.1. The van der Waals surface area contributed by atoms with Crippen molar-refractivity contribution in [3.63, 3.8) is 0 Å². The fourth-order valence-electron chi connectivity index (χ4n) is 3.63. The Labute approximate surface area is 187 Å². The van der Waals surface area contributed by atoms with Gasteiger partial charge in [0.15, 0.2) is 17.4 Å². The van der Waals surface area contributed by atoms with Gasteiger partial charge in [-0.1, -0.05) is 6.07 Å². The molecule has 10 nitrogen and oxygen atoms in total. The van der Waals surface area contributed by atoms with Crippen LogP contribution in [0.4, 0.5) is 17.3 Å². The second kappa shape index (κ2) is 8.42. The van der Waals surface area contributed by atoms with Gasteiger partial charge in [0.2, 0.25) is 11.3 Å². The van der Waals surface area contributed by atoms with Crippen molar-refractivity contribution in [1.29, 1.82) is 0 Å². The molecule has 1 fully saturated rings. The van der Waals surface area contributed by atoms with Crippen LogP contribution in [0.25, 0.3) is 11.3 Å². The number of carbonyl (C=O) groups excluding carboxylic acids is 1. The van der Waals surface area contributed by atoms with Crippen molar-refractivity contribution in [3.05, 3.63) is 45.6 Å². The van der Waals surface area contributed by atoms with Gasteiger partial charge in [-0.15, -0.1) is 11.3 Å². The van der Waals surface area contributed by atoms with Gasteiger partial charge in [0.25, 0.3) is 5.91 Å². The number of benzene rings is 1. The van der Waals surface area contributed by atoms with Crippen molar-refractivity contribution in [3.8, 4) is 5.75 Å². The highest BCUT2D eigenvalue weighted by Crippen LogP contribution is 2.33. The molecule has 0 atom stereocenters. The molecule has 1 saturated heterocycles. The van der Waals surface area contributed by atoms with E-state index >= 15 is 0 Å². The number of aromatic nitrogens is 4. The number of rotatable bonds is 6. The third-order valence-electron chi connectivity index (χ3n) is 5.25. The van der Waals surface area contributed by atoms with Crippen LogP contribution in [0, 0.1) is 6.92 Å². The molecule has 0 aliphatic carbocycles. The molecule has 0 unspecified atom stereocenters. The second-order valence-electron chi connectivity index (χ2n) is 7.52. The molecule has 0 bridgehead atoms. The smallest absolute Gasteiger partial charge is 0.257 e. The van der Waals surface area contributed by atoms with Crippen molar-refractivity contribution in [1.82, 2.24) is 25.2 Å². The van der Waals surface area contributed by atoms with E-state index in [0.717, 1.165) is 17.7 Å². The van der Waals surface area contributed by atoms with Crippen LogP contribution in [-0.4, -0.2) is 49.3 Å². The summed E-state index contributed by atoms with van der Waals surface area (Å²) in [6.07, 6.45) is 1.95. The topological polar surface area (TPSA) is 129 Å². The molecule has 1 aliphatic heterocycles. The molecule has 32 heavy (non-hydrogen) atoms. The number of aryl methyl sites for hydroxylation is 1. The van der Waals surface area contributed by atoms with Gasteiger partial charge >= 0.3 is 0 Å². The molecule has 0 spiro atoms. The molecule has 11 heteroatoms. The molecular formula is C21H21N7O3S. The summed E-state index contributed by atoms with van der Waals surface area (Å²) < 4.78 is 4.74. The summed E-state index contributed by atoms with van der Waals surface area (Å²) in [6.45, 7) is 3.99. The molecule has 1 amide bonds. The zero-order valence-electron chi connectivity index (χ0n) is 17.3. The number of para-hydroxylation sites is 1. The van der Waals surface area contributed by atoms with E-state index in [2.05, 4.69) is 37.0 Å². The Morgan fingerprint density at radius 3 is 2.59 bits per heavy atom. The molecule has 4 heterocycles. The van der Waals surface area contributed by atoms with Crippen LogP contribution >= 0.6 is 11.3 Å². The summed E-state index contributed by atoms with van der Waals surface area (Å²) in [5, 5.41) is 24.7. The minimum Gasteiger partial charge on any atom is -0.505 e. The first-order valence-corrected chi connectivity index (χ1v) is 11.1. The Morgan fingerprint density at radius 1 is 1.12 bits per heavy atom. The molecular weight excluding hydrogens is 430 g/mol. The lowest BCUT2D eigenvalue weighted by Crippen LogP contribution is -2.27. The highest BCUT2D eigenvalue weighted by atomic mass is 32.1. The number of phenolic OH excluding ortho intramolecular Hbond substituents is 1. The number of fused-ring (bicyclic) bond motifs is 1. The Kier molecular flexibility index (Phi) is 5.31. The minimum atomic E-state index is -0.183. The fraction of sp³-hybridized carbons (Fsp3) is 0.286. The van der Waals surface area contributed by atoms with E-state index in [0.29, 0.717) is 37.0 Å². The SMILES string of the molecule is Cc1ccc(CNc2nc3nonc3nc2Nc2cccc(C(=O)N3CCCC3)c2O)s1. The molecule has 3 N–H and O–H groups in total. The Hall–Kier alpha value is -3.73. The summed E-state index contributed by atoms with van der Waals surface area (Å²) in [5.41, 5.74) is 1.09. The van der Waals surface area contributed by atoms with Crippen molar-refractivity contribution < 1.29 is 14.5 Å². The van der Waals surface area contributed by atoms with Crippen LogP contribution in [0.5, 0.6) is 5.75 Å². The fourth-order valence-corrected chi connectivity index (χ4v) is 4.46. The number of aromatic hydroxyl groups is 1. The number of nitrogens with zero attached hydrogens (tertiary/aromatic N) is 5. The van der Waals surface area contributed by atoms with E-state index < -0.39 is 0 Å². The van der Waals surface area contributed by atoms with Gasteiger partial charge in [-0.25, -0.2) is 14.6 Å². The van der Waals surface area contributed by atoms with Gasteiger partial charge in [-0.2, -0.15) is 0 Å². The molecule has 164 valence electrons. The van der Waals surface area contributed by atoms with Gasteiger partial charge < -0.3 is 20.6 Å². The van der Waals surface area contributed by atoms with Crippen LogP contribution in [0.15, 0.2) is 35.0 Å². The number of thiophene rings is 1. The first kappa shape index (κ1) is 20.2. The predicted octanol–water partition coefficient (Wildman–Crippen LogP) is 3.68. The number of anilines is 3. The lowest BCUT2D eigenvalue weighted by atomic mass is 10.1. The normalized spacial score (nSPS) is 13.6. The standard InChI is InChI=1S/C21H21N7O3S/c1-12-7-8-13(32-12)11-22-17-18(25-20-19(24-17)26-31-27-20)23-15-6-4-5-14(16(15)29)21(30)28-9-2-3-10-28/h4-8,29H,2-3,9-11H2,1H3,(H,22,24,26)(H,23,25,27). The quantitative estimate of drug-likeness (QED) is 0.376. The maximum atomic E-state index is 12.8. The van der Waals surface area contributed by atoms with Gasteiger partial charge in [0.1, 0.15) is 0 Å². The summed E-state index contributed by atoms with van der Waals surface area (Å²) in [7, 11) is 0. The van der Waals surface area contributed by atoms with E-state index in [1.807, 2.05) is 13.0 Å². The number of likely N-dealkylation sites (tertiary alicyclic amines) is 1. The number of nitrogens with one attached hydrogen (secondary N) is 2. The summed E-state index contributed by atoms with van der Waals surface area (Å²) in [5.74, 6) is 0.444. The van der Waals surface area contributed by atoms with E-state index in [1.54, 1.807) is 34.4 Å². The van der Waals surface area contributed by atoms with Crippen molar-refractivity contribution >= 4 is 45.9 Å². The van der Waals surface area contributed by atoms with Crippen LogP contribution in [0.2, 0.25) is 0 Å². The first-order chi connectivity index (χ1) is 15.6. The Bertz CT molecular complexity index is 1280. The largest absolute Gasteiger partial charge is 0.505 e. The second-order valence-corrected chi connectivity index (χ2v) is 8.90. The van der Waals surface area contributed by atoms with Crippen molar-refractivity contribution in [2.45, 2.75) is 26.3 Å². The van der Waals surface area contributed by atoms with E-state index in [9.17, 15) is 9.90 Å². The molecule has 1 aliphatic rings. The highest BCUT2D eigenvalue weighted by molar-refractivity contribution is 7.11.